The van der Waals surface area contributed by atoms with Crippen molar-refractivity contribution >= 4 is 5.91 Å². The molecule has 0 aromatic heterocycles. The van der Waals surface area contributed by atoms with E-state index in [-0.39, 0.29) is 19.1 Å². The fraction of sp³-hybridized carbons (Fsp3) is 0.467. The van der Waals surface area contributed by atoms with E-state index in [1.54, 1.807) is 13.2 Å². The van der Waals surface area contributed by atoms with Crippen molar-refractivity contribution in [3.63, 3.8) is 0 Å². The van der Waals surface area contributed by atoms with E-state index in [0.717, 1.165) is 18.5 Å². The molecule has 0 atom stereocenters. The Morgan fingerprint density at radius 1 is 1.43 bits per heavy atom. The molecule has 0 heterocycles. The van der Waals surface area contributed by atoms with Crippen LogP contribution in [-0.4, -0.2) is 32.7 Å². The predicted octanol–water partition coefficient (Wildman–Crippen LogP) is 1.21. The van der Waals surface area contributed by atoms with Crippen LogP contribution in [0.2, 0.25) is 0 Å². The molecule has 0 aliphatic rings. The first kappa shape index (κ1) is 16.8. The molecule has 0 aliphatic carbocycles. The van der Waals surface area contributed by atoms with Crippen LogP contribution in [0.15, 0.2) is 18.2 Å². The number of rotatable bonds is 9. The molecule has 6 nitrogen and oxygen atoms in total. The van der Waals surface area contributed by atoms with Gasteiger partial charge in [-0.15, -0.1) is 0 Å². The lowest BCUT2D eigenvalue weighted by Crippen LogP contribution is -2.29. The van der Waals surface area contributed by atoms with Gasteiger partial charge < -0.3 is 20.1 Å². The van der Waals surface area contributed by atoms with Gasteiger partial charge in [-0.1, -0.05) is 13.0 Å². The first-order valence-corrected chi connectivity index (χ1v) is 6.85. The number of nitriles is 1. The molecule has 0 bridgehead atoms. The number of ether oxygens (including phenoxy) is 2. The molecule has 1 aromatic rings. The third kappa shape index (κ3) is 6.15. The molecule has 0 aliphatic heterocycles. The van der Waals surface area contributed by atoms with Gasteiger partial charge in [0.2, 0.25) is 0 Å². The predicted molar refractivity (Wildman–Crippen MR) is 79.1 cm³/mol. The fourth-order valence-corrected chi connectivity index (χ4v) is 1.67. The number of carbonyl (C=O) groups excluding carboxylic acids is 1. The Labute approximate surface area is 125 Å². The number of hydrogen-bond donors (Lipinski definition) is 2. The van der Waals surface area contributed by atoms with Gasteiger partial charge in [-0.25, -0.2) is 0 Å². The van der Waals surface area contributed by atoms with E-state index < -0.39 is 0 Å². The topological polar surface area (TPSA) is 83.4 Å². The highest BCUT2D eigenvalue weighted by molar-refractivity contribution is 5.77. The van der Waals surface area contributed by atoms with E-state index >= 15 is 0 Å². The van der Waals surface area contributed by atoms with Gasteiger partial charge in [0.1, 0.15) is 18.0 Å². The standard InChI is InChI=1S/C15H21N3O3/c1-3-7-17-10-12-4-5-13(20-2)9-14(12)21-11-15(19)18-8-6-16/h4-5,9,17H,3,7-8,10-11H2,1-2H3,(H,18,19). The summed E-state index contributed by atoms with van der Waals surface area (Å²) in [4.78, 5) is 11.5. The first-order valence-electron chi connectivity index (χ1n) is 6.85. The number of amides is 1. The van der Waals surface area contributed by atoms with Crippen molar-refractivity contribution in [2.45, 2.75) is 19.9 Å². The number of benzene rings is 1. The first-order chi connectivity index (χ1) is 10.2. The molecule has 0 saturated carbocycles. The van der Waals surface area contributed by atoms with Gasteiger partial charge in [0.05, 0.1) is 13.2 Å². The van der Waals surface area contributed by atoms with E-state index in [1.165, 1.54) is 0 Å². The number of nitrogens with one attached hydrogen (secondary N) is 2. The maximum absolute atomic E-state index is 11.5. The lowest BCUT2D eigenvalue weighted by Gasteiger charge is -2.13. The summed E-state index contributed by atoms with van der Waals surface area (Å²) >= 11 is 0. The molecule has 0 saturated heterocycles. The largest absolute Gasteiger partial charge is 0.497 e. The van der Waals surface area contributed by atoms with Crippen LogP contribution >= 0.6 is 0 Å². The molecule has 1 rings (SSSR count). The Balaban J connectivity index is 2.67. The Hall–Kier alpha value is -2.26. The summed E-state index contributed by atoms with van der Waals surface area (Å²) in [6.45, 7) is 3.51. The monoisotopic (exact) mass is 291 g/mol. The van der Waals surface area contributed by atoms with Gasteiger partial charge in [-0.2, -0.15) is 5.26 Å². The number of methoxy groups -OCH3 is 1. The summed E-state index contributed by atoms with van der Waals surface area (Å²) in [6, 6.07) is 7.35. The van der Waals surface area contributed by atoms with Crippen molar-refractivity contribution in [2.24, 2.45) is 0 Å². The van der Waals surface area contributed by atoms with E-state index in [4.69, 9.17) is 14.7 Å². The van der Waals surface area contributed by atoms with Crippen LogP contribution in [0.25, 0.3) is 0 Å². The Morgan fingerprint density at radius 2 is 2.24 bits per heavy atom. The maximum Gasteiger partial charge on any atom is 0.258 e. The zero-order valence-electron chi connectivity index (χ0n) is 12.4. The zero-order chi connectivity index (χ0) is 15.5. The van der Waals surface area contributed by atoms with Gasteiger partial charge in [0.25, 0.3) is 5.91 Å². The van der Waals surface area contributed by atoms with Crippen LogP contribution in [0.5, 0.6) is 11.5 Å². The van der Waals surface area contributed by atoms with Crippen LogP contribution in [0.4, 0.5) is 0 Å². The third-order valence-corrected chi connectivity index (χ3v) is 2.74. The van der Waals surface area contributed by atoms with Gasteiger partial charge in [0, 0.05) is 18.2 Å². The summed E-state index contributed by atoms with van der Waals surface area (Å²) in [5.41, 5.74) is 0.956. The van der Waals surface area contributed by atoms with Crippen molar-refractivity contribution in [3.8, 4) is 17.6 Å². The lowest BCUT2D eigenvalue weighted by molar-refractivity contribution is -0.122. The molecule has 2 N–H and O–H groups in total. The fourth-order valence-electron chi connectivity index (χ4n) is 1.67. The minimum atomic E-state index is -0.327. The summed E-state index contributed by atoms with van der Waals surface area (Å²) < 4.78 is 10.7. The van der Waals surface area contributed by atoms with Crippen LogP contribution in [0.1, 0.15) is 18.9 Å². The maximum atomic E-state index is 11.5. The lowest BCUT2D eigenvalue weighted by atomic mass is 10.2. The van der Waals surface area contributed by atoms with Gasteiger partial charge in [-0.3, -0.25) is 4.79 Å². The van der Waals surface area contributed by atoms with E-state index in [1.807, 2.05) is 18.2 Å². The molecular formula is C15H21N3O3. The second-order valence-corrected chi connectivity index (χ2v) is 4.37. The van der Waals surface area contributed by atoms with Gasteiger partial charge in [0.15, 0.2) is 6.61 Å². The zero-order valence-corrected chi connectivity index (χ0v) is 12.4. The Bertz CT molecular complexity index is 497. The molecule has 0 spiro atoms. The number of carbonyl (C=O) groups is 1. The van der Waals surface area contributed by atoms with Crippen LogP contribution in [0, 0.1) is 11.3 Å². The molecule has 0 radical (unpaired) electrons. The van der Waals surface area contributed by atoms with Crippen LogP contribution in [0.3, 0.4) is 0 Å². The second kappa shape index (κ2) is 9.61. The van der Waals surface area contributed by atoms with Gasteiger partial charge in [-0.05, 0) is 19.0 Å². The summed E-state index contributed by atoms with van der Waals surface area (Å²) in [6.07, 6.45) is 1.04. The molecule has 6 heteroatoms. The second-order valence-electron chi connectivity index (χ2n) is 4.37. The average Bonchev–Trinajstić information content (AvgIpc) is 2.51. The van der Waals surface area contributed by atoms with Crippen molar-refractivity contribution in [1.82, 2.24) is 10.6 Å². The normalized spacial score (nSPS) is 9.76. The number of nitrogens with zero attached hydrogens (tertiary/aromatic N) is 1. The quantitative estimate of drug-likeness (QED) is 0.528. The molecule has 1 aromatic carbocycles. The van der Waals surface area contributed by atoms with E-state index in [0.29, 0.717) is 18.0 Å². The van der Waals surface area contributed by atoms with Crippen molar-refractivity contribution in [1.29, 1.82) is 5.26 Å². The Kier molecular flexibility index (Phi) is 7.69. The highest BCUT2D eigenvalue weighted by Gasteiger charge is 2.08. The molecular weight excluding hydrogens is 270 g/mol. The Morgan fingerprint density at radius 3 is 2.90 bits per heavy atom. The van der Waals surface area contributed by atoms with Crippen molar-refractivity contribution < 1.29 is 14.3 Å². The minimum Gasteiger partial charge on any atom is -0.497 e. The van der Waals surface area contributed by atoms with Crippen molar-refractivity contribution in [2.75, 3.05) is 26.8 Å². The summed E-state index contributed by atoms with van der Waals surface area (Å²) in [5, 5.41) is 14.1. The van der Waals surface area contributed by atoms with E-state index in [2.05, 4.69) is 17.6 Å². The molecule has 114 valence electrons. The third-order valence-electron chi connectivity index (χ3n) is 2.74. The average molecular weight is 291 g/mol. The SMILES string of the molecule is CCCNCc1ccc(OC)cc1OCC(=O)NCC#N. The minimum absolute atomic E-state index is 0.0226. The number of hydrogen-bond acceptors (Lipinski definition) is 5. The van der Waals surface area contributed by atoms with E-state index in [9.17, 15) is 4.79 Å². The summed E-state index contributed by atoms with van der Waals surface area (Å²) in [5.74, 6) is 0.943. The smallest absolute Gasteiger partial charge is 0.258 e. The molecule has 21 heavy (non-hydrogen) atoms. The highest BCUT2D eigenvalue weighted by atomic mass is 16.5. The van der Waals surface area contributed by atoms with Crippen LogP contribution < -0.4 is 20.1 Å². The van der Waals surface area contributed by atoms with Crippen LogP contribution in [-0.2, 0) is 11.3 Å². The molecule has 1 amide bonds. The molecule has 0 unspecified atom stereocenters. The highest BCUT2D eigenvalue weighted by Crippen LogP contribution is 2.24. The summed E-state index contributed by atoms with van der Waals surface area (Å²) in [7, 11) is 1.58. The molecule has 0 fully saturated rings. The van der Waals surface area contributed by atoms with Crippen molar-refractivity contribution in [3.05, 3.63) is 23.8 Å². The van der Waals surface area contributed by atoms with Gasteiger partial charge >= 0.3 is 0 Å².